The molecule has 82 valence electrons. The minimum atomic E-state index is 0.159. The summed E-state index contributed by atoms with van der Waals surface area (Å²) in [4.78, 5) is 0. The molecule has 0 bridgehead atoms. The summed E-state index contributed by atoms with van der Waals surface area (Å²) < 4.78 is 11.8. The highest BCUT2D eigenvalue weighted by molar-refractivity contribution is 5.79. The highest BCUT2D eigenvalue weighted by atomic mass is 16.5. The first-order valence-corrected chi connectivity index (χ1v) is 4.62. The monoisotopic (exact) mass is 218 g/mol. The van der Waals surface area contributed by atoms with Gasteiger partial charge in [0.2, 0.25) is 0 Å². The molecule has 1 aromatic carbocycles. The first kappa shape index (κ1) is 10.2. The molecule has 1 aromatic heterocycles. The summed E-state index contributed by atoms with van der Waals surface area (Å²) in [6.45, 7) is 0.159. The van der Waals surface area contributed by atoms with Gasteiger partial charge in [0.15, 0.2) is 11.5 Å². The Morgan fingerprint density at radius 2 is 2.00 bits per heavy atom. The molecule has 0 unspecified atom stereocenters. The van der Waals surface area contributed by atoms with Crippen LogP contribution in [0.5, 0.6) is 11.5 Å². The first-order valence-electron chi connectivity index (χ1n) is 4.62. The normalized spacial score (nSPS) is 10.1. The lowest BCUT2D eigenvalue weighted by molar-refractivity contribution is 0.355. The van der Waals surface area contributed by atoms with E-state index in [1.54, 1.807) is 26.4 Å². The lowest BCUT2D eigenvalue weighted by Gasteiger charge is -2.06. The van der Waals surface area contributed by atoms with Crippen molar-refractivity contribution in [2.24, 2.45) is 0 Å². The van der Waals surface area contributed by atoms with E-state index >= 15 is 0 Å². The van der Waals surface area contributed by atoms with Crippen LogP contribution in [0.4, 0.5) is 0 Å². The van der Waals surface area contributed by atoms with Crippen molar-refractivity contribution in [3.8, 4) is 17.6 Å². The number of nitrogens with zero attached hydrogens (tertiary/aromatic N) is 4. The number of hydrogen-bond acceptors (Lipinski definition) is 5. The van der Waals surface area contributed by atoms with Crippen LogP contribution >= 0.6 is 0 Å². The third-order valence-electron chi connectivity index (χ3n) is 2.24. The SMILES string of the molecule is COc1cc2nnn(CC#N)c2cc1OC. The van der Waals surface area contributed by atoms with Crippen LogP contribution in [-0.2, 0) is 6.54 Å². The maximum Gasteiger partial charge on any atom is 0.163 e. The van der Waals surface area contributed by atoms with Crippen molar-refractivity contribution in [3.05, 3.63) is 12.1 Å². The number of methoxy groups -OCH3 is 2. The van der Waals surface area contributed by atoms with Crippen molar-refractivity contribution >= 4 is 11.0 Å². The highest BCUT2D eigenvalue weighted by Gasteiger charge is 2.10. The molecule has 6 nitrogen and oxygen atoms in total. The topological polar surface area (TPSA) is 73.0 Å². The van der Waals surface area contributed by atoms with Gasteiger partial charge in [-0.2, -0.15) is 5.26 Å². The summed E-state index contributed by atoms with van der Waals surface area (Å²) in [5.74, 6) is 1.19. The van der Waals surface area contributed by atoms with Gasteiger partial charge in [-0.05, 0) is 0 Å². The van der Waals surface area contributed by atoms with Crippen molar-refractivity contribution in [2.45, 2.75) is 6.54 Å². The molecule has 2 rings (SSSR count). The average Bonchev–Trinajstić information content (AvgIpc) is 2.70. The fourth-order valence-electron chi connectivity index (χ4n) is 1.48. The lowest BCUT2D eigenvalue weighted by Crippen LogP contribution is -1.98. The molecule has 0 aliphatic carbocycles. The van der Waals surface area contributed by atoms with E-state index in [1.165, 1.54) is 4.68 Å². The van der Waals surface area contributed by atoms with E-state index in [0.29, 0.717) is 17.0 Å². The molecular weight excluding hydrogens is 208 g/mol. The second-order valence-electron chi connectivity index (χ2n) is 3.10. The van der Waals surface area contributed by atoms with Gasteiger partial charge in [0, 0.05) is 12.1 Å². The van der Waals surface area contributed by atoms with Crippen LogP contribution in [-0.4, -0.2) is 29.2 Å². The molecule has 0 radical (unpaired) electrons. The van der Waals surface area contributed by atoms with Gasteiger partial charge in [0.25, 0.3) is 0 Å². The molecule has 0 aliphatic heterocycles. The minimum Gasteiger partial charge on any atom is -0.493 e. The molecule has 0 fully saturated rings. The van der Waals surface area contributed by atoms with Crippen LogP contribution in [0.15, 0.2) is 12.1 Å². The molecule has 0 amide bonds. The number of nitriles is 1. The zero-order valence-electron chi connectivity index (χ0n) is 8.97. The molecule has 16 heavy (non-hydrogen) atoms. The second kappa shape index (κ2) is 4.06. The van der Waals surface area contributed by atoms with Crippen molar-refractivity contribution in [2.75, 3.05) is 14.2 Å². The predicted octanol–water partition coefficient (Wildman–Crippen LogP) is 0.972. The third kappa shape index (κ3) is 1.52. The summed E-state index contributed by atoms with van der Waals surface area (Å²) in [5, 5.41) is 16.4. The molecule has 0 N–H and O–H groups in total. The Morgan fingerprint density at radius 1 is 1.31 bits per heavy atom. The Kier molecular flexibility index (Phi) is 2.60. The van der Waals surface area contributed by atoms with Gasteiger partial charge < -0.3 is 9.47 Å². The van der Waals surface area contributed by atoms with Crippen LogP contribution in [0.2, 0.25) is 0 Å². The minimum absolute atomic E-state index is 0.159. The van der Waals surface area contributed by atoms with Gasteiger partial charge in [-0.3, -0.25) is 0 Å². The smallest absolute Gasteiger partial charge is 0.163 e. The van der Waals surface area contributed by atoms with E-state index in [4.69, 9.17) is 14.7 Å². The number of aromatic nitrogens is 3. The van der Waals surface area contributed by atoms with E-state index < -0.39 is 0 Å². The molecule has 0 atom stereocenters. The molecule has 0 aliphatic rings. The number of hydrogen-bond donors (Lipinski definition) is 0. The quantitative estimate of drug-likeness (QED) is 0.767. The predicted molar refractivity (Wildman–Crippen MR) is 56.2 cm³/mol. The number of rotatable bonds is 3. The molecule has 0 spiro atoms. The molecule has 0 saturated carbocycles. The Balaban J connectivity index is 2.62. The average molecular weight is 218 g/mol. The zero-order chi connectivity index (χ0) is 11.5. The van der Waals surface area contributed by atoms with E-state index in [2.05, 4.69) is 10.3 Å². The van der Waals surface area contributed by atoms with Gasteiger partial charge in [0.05, 0.1) is 25.8 Å². The van der Waals surface area contributed by atoms with E-state index in [1.807, 2.05) is 6.07 Å². The van der Waals surface area contributed by atoms with Crippen molar-refractivity contribution in [1.82, 2.24) is 15.0 Å². The lowest BCUT2D eigenvalue weighted by atomic mass is 10.2. The van der Waals surface area contributed by atoms with Crippen molar-refractivity contribution < 1.29 is 9.47 Å². The van der Waals surface area contributed by atoms with E-state index in [9.17, 15) is 0 Å². The van der Waals surface area contributed by atoms with Gasteiger partial charge in [-0.15, -0.1) is 5.10 Å². The fourth-order valence-corrected chi connectivity index (χ4v) is 1.48. The molecule has 0 saturated heterocycles. The Morgan fingerprint density at radius 3 is 2.62 bits per heavy atom. The van der Waals surface area contributed by atoms with Gasteiger partial charge in [-0.1, -0.05) is 5.21 Å². The van der Waals surface area contributed by atoms with Crippen molar-refractivity contribution in [1.29, 1.82) is 5.26 Å². The Hall–Kier alpha value is -2.29. The summed E-state index contributed by atoms with van der Waals surface area (Å²) in [7, 11) is 3.12. The third-order valence-corrected chi connectivity index (χ3v) is 2.24. The van der Waals surface area contributed by atoms with Crippen molar-refractivity contribution in [3.63, 3.8) is 0 Å². The van der Waals surface area contributed by atoms with Crippen LogP contribution in [0.25, 0.3) is 11.0 Å². The number of ether oxygens (including phenoxy) is 2. The summed E-state index contributed by atoms with van der Waals surface area (Å²) in [5.41, 5.74) is 1.42. The molecule has 2 aromatic rings. The molecular formula is C10H10N4O2. The number of benzene rings is 1. The summed E-state index contributed by atoms with van der Waals surface area (Å²) >= 11 is 0. The Bertz CT molecular complexity index is 556. The second-order valence-corrected chi connectivity index (χ2v) is 3.10. The standard InChI is InChI=1S/C10H10N4O2/c1-15-9-5-7-8(6-10(9)16-2)14(4-3-11)13-12-7/h5-6H,4H2,1-2H3. The van der Waals surface area contributed by atoms with Gasteiger partial charge in [0.1, 0.15) is 12.1 Å². The van der Waals surface area contributed by atoms with Crippen LogP contribution in [0, 0.1) is 11.3 Å². The Labute approximate surface area is 92.0 Å². The molecule has 1 heterocycles. The molecule has 6 heteroatoms. The number of fused-ring (bicyclic) bond motifs is 1. The van der Waals surface area contributed by atoms with Gasteiger partial charge >= 0.3 is 0 Å². The van der Waals surface area contributed by atoms with Gasteiger partial charge in [-0.25, -0.2) is 4.68 Å². The first-order chi connectivity index (χ1) is 7.80. The van der Waals surface area contributed by atoms with Crippen LogP contribution in [0.3, 0.4) is 0 Å². The largest absolute Gasteiger partial charge is 0.493 e. The highest BCUT2D eigenvalue weighted by Crippen LogP contribution is 2.30. The van der Waals surface area contributed by atoms with Crippen LogP contribution < -0.4 is 9.47 Å². The van der Waals surface area contributed by atoms with E-state index in [0.717, 1.165) is 5.52 Å². The maximum atomic E-state index is 8.63. The maximum absolute atomic E-state index is 8.63. The fraction of sp³-hybridized carbons (Fsp3) is 0.300. The van der Waals surface area contributed by atoms with Crippen LogP contribution in [0.1, 0.15) is 0 Å². The zero-order valence-corrected chi connectivity index (χ0v) is 8.97. The summed E-state index contributed by atoms with van der Waals surface area (Å²) in [6.07, 6.45) is 0. The van der Waals surface area contributed by atoms with E-state index in [-0.39, 0.29) is 6.54 Å². The summed E-state index contributed by atoms with van der Waals surface area (Å²) in [6, 6.07) is 5.50.